The van der Waals surface area contributed by atoms with E-state index in [2.05, 4.69) is 15.5 Å². The van der Waals surface area contributed by atoms with Crippen LogP contribution in [0.1, 0.15) is 41.7 Å². The second-order valence-electron chi connectivity index (χ2n) is 8.44. The van der Waals surface area contributed by atoms with Gasteiger partial charge in [-0.15, -0.1) is 21.5 Å². The summed E-state index contributed by atoms with van der Waals surface area (Å²) in [4.78, 5) is 25.5. The summed E-state index contributed by atoms with van der Waals surface area (Å²) in [6.45, 7) is 6.38. The summed E-state index contributed by atoms with van der Waals surface area (Å²) in [5.41, 5.74) is 2.67. The third kappa shape index (κ3) is 6.75. The van der Waals surface area contributed by atoms with E-state index < -0.39 is 5.97 Å². The zero-order valence-electron chi connectivity index (χ0n) is 21.7. The maximum absolute atomic E-state index is 12.9. The molecule has 1 atom stereocenters. The Bertz CT molecular complexity index is 1490. The van der Waals surface area contributed by atoms with Crippen LogP contribution in [0, 0.1) is 6.92 Å². The fraction of sp³-hybridized carbons (Fsp3) is 0.259. The molecule has 1 N–H and O–H groups in total. The number of thioether (sulfide) groups is 1. The summed E-state index contributed by atoms with van der Waals surface area (Å²) >= 11 is 14.6. The SMILES string of the molecule is CCn1c(SCC(=O)Nc2scc(-c3ccc(Cl)cc3)c2C(=O)OC)nnc1C(C)Oc1ccc(Cl)c(C)c1. The molecular weight excluding hydrogens is 579 g/mol. The number of ether oxygens (including phenoxy) is 2. The van der Waals surface area contributed by atoms with Crippen molar-refractivity contribution >= 4 is 63.2 Å². The van der Waals surface area contributed by atoms with Gasteiger partial charge in [-0.25, -0.2) is 4.79 Å². The number of amides is 1. The van der Waals surface area contributed by atoms with E-state index in [1.807, 2.05) is 55.0 Å². The Morgan fingerprint density at radius 2 is 1.90 bits per heavy atom. The minimum absolute atomic E-state index is 0.0680. The van der Waals surface area contributed by atoms with Crippen molar-refractivity contribution in [3.8, 4) is 16.9 Å². The highest BCUT2D eigenvalue weighted by atomic mass is 35.5. The molecule has 39 heavy (non-hydrogen) atoms. The molecule has 2 aromatic heterocycles. The molecule has 0 aliphatic heterocycles. The van der Waals surface area contributed by atoms with Crippen LogP contribution in [0.4, 0.5) is 5.00 Å². The van der Waals surface area contributed by atoms with Crippen molar-refractivity contribution in [2.75, 3.05) is 18.2 Å². The summed E-state index contributed by atoms with van der Waals surface area (Å²) in [6.07, 6.45) is -0.374. The van der Waals surface area contributed by atoms with Crippen LogP contribution in [-0.2, 0) is 16.1 Å². The highest BCUT2D eigenvalue weighted by molar-refractivity contribution is 7.99. The fourth-order valence-corrected chi connectivity index (χ4v) is 5.87. The number of carbonyl (C=O) groups excluding carboxylic acids is 2. The maximum atomic E-state index is 12.9. The molecule has 8 nitrogen and oxygen atoms in total. The number of esters is 1. The van der Waals surface area contributed by atoms with E-state index in [9.17, 15) is 9.59 Å². The summed E-state index contributed by atoms with van der Waals surface area (Å²) < 4.78 is 13.0. The summed E-state index contributed by atoms with van der Waals surface area (Å²) in [5, 5.41) is 15.5. The van der Waals surface area contributed by atoms with Crippen molar-refractivity contribution in [3.05, 3.63) is 74.8 Å². The molecule has 0 saturated heterocycles. The number of aryl methyl sites for hydroxylation is 1. The standard InChI is InChI=1S/C27H26Cl2N4O4S2/c1-5-33-24(16(3)37-19-10-11-21(29)15(2)12-19)31-32-27(33)39-14-22(34)30-25-23(26(35)36-4)20(13-38-25)17-6-8-18(28)9-7-17/h6-13,16H,5,14H2,1-4H3,(H,30,34). The Kier molecular flexibility index (Phi) is 9.55. The first-order valence-electron chi connectivity index (χ1n) is 12.0. The topological polar surface area (TPSA) is 95.3 Å². The van der Waals surface area contributed by atoms with Gasteiger partial charge in [0, 0.05) is 27.5 Å². The molecule has 0 aliphatic rings. The summed E-state index contributed by atoms with van der Waals surface area (Å²) in [5.74, 6) is 0.566. The number of hydrogen-bond donors (Lipinski definition) is 1. The molecule has 4 aromatic rings. The Morgan fingerprint density at radius 1 is 1.15 bits per heavy atom. The third-order valence-corrected chi connectivity index (χ3v) is 8.33. The van der Waals surface area contributed by atoms with Gasteiger partial charge < -0.3 is 19.4 Å². The first-order chi connectivity index (χ1) is 18.7. The Morgan fingerprint density at radius 3 is 2.56 bits per heavy atom. The van der Waals surface area contributed by atoms with E-state index in [0.29, 0.717) is 49.4 Å². The highest BCUT2D eigenvalue weighted by Crippen LogP contribution is 2.37. The van der Waals surface area contributed by atoms with Gasteiger partial charge in [0.15, 0.2) is 17.1 Å². The number of anilines is 1. The van der Waals surface area contributed by atoms with Gasteiger partial charge >= 0.3 is 5.97 Å². The molecule has 1 amide bonds. The minimum atomic E-state index is -0.538. The zero-order valence-corrected chi connectivity index (χ0v) is 24.8. The molecule has 0 radical (unpaired) electrons. The van der Waals surface area contributed by atoms with E-state index >= 15 is 0 Å². The molecule has 204 valence electrons. The van der Waals surface area contributed by atoms with Crippen molar-refractivity contribution in [3.63, 3.8) is 0 Å². The predicted molar refractivity (Wildman–Crippen MR) is 156 cm³/mol. The molecule has 0 aliphatic carbocycles. The van der Waals surface area contributed by atoms with Crippen molar-refractivity contribution < 1.29 is 19.1 Å². The first kappa shape index (κ1) is 28.9. The lowest BCUT2D eigenvalue weighted by Crippen LogP contribution is -2.17. The smallest absolute Gasteiger partial charge is 0.341 e. The fourth-order valence-electron chi connectivity index (χ4n) is 3.84. The number of halogens is 2. The van der Waals surface area contributed by atoms with Gasteiger partial charge in [0.25, 0.3) is 0 Å². The molecule has 1 unspecified atom stereocenters. The number of hydrogen-bond acceptors (Lipinski definition) is 8. The van der Waals surface area contributed by atoms with Crippen LogP contribution in [0.5, 0.6) is 5.75 Å². The number of nitrogens with one attached hydrogen (secondary N) is 1. The number of benzene rings is 2. The molecule has 0 fully saturated rings. The average molecular weight is 606 g/mol. The summed E-state index contributed by atoms with van der Waals surface area (Å²) in [6, 6.07) is 12.6. The van der Waals surface area contributed by atoms with Gasteiger partial charge in [0.05, 0.1) is 12.9 Å². The van der Waals surface area contributed by atoms with Crippen molar-refractivity contribution in [1.82, 2.24) is 14.8 Å². The third-order valence-electron chi connectivity index (χ3n) is 5.79. The monoisotopic (exact) mass is 604 g/mol. The van der Waals surface area contributed by atoms with Crippen LogP contribution < -0.4 is 10.1 Å². The van der Waals surface area contributed by atoms with Gasteiger partial charge in [0.2, 0.25) is 5.91 Å². The van der Waals surface area contributed by atoms with Crippen LogP contribution in [-0.4, -0.2) is 39.5 Å². The second-order valence-corrected chi connectivity index (χ2v) is 11.1. The first-order valence-corrected chi connectivity index (χ1v) is 14.6. The quantitative estimate of drug-likeness (QED) is 0.150. The zero-order chi connectivity index (χ0) is 28.1. The number of carbonyl (C=O) groups is 2. The van der Waals surface area contributed by atoms with Crippen LogP contribution in [0.15, 0.2) is 53.0 Å². The highest BCUT2D eigenvalue weighted by Gasteiger charge is 2.24. The van der Waals surface area contributed by atoms with Gasteiger partial charge in [-0.3, -0.25) is 4.79 Å². The van der Waals surface area contributed by atoms with Gasteiger partial charge in [-0.1, -0.05) is 47.1 Å². The molecular formula is C27H26Cl2N4O4S2. The number of thiophene rings is 1. The van der Waals surface area contributed by atoms with E-state index in [0.717, 1.165) is 11.1 Å². The summed E-state index contributed by atoms with van der Waals surface area (Å²) in [7, 11) is 1.31. The largest absolute Gasteiger partial charge is 0.483 e. The predicted octanol–water partition coefficient (Wildman–Crippen LogP) is 7.30. The molecule has 0 saturated carbocycles. The molecule has 4 rings (SSSR count). The Hall–Kier alpha value is -3.05. The molecule has 2 aromatic carbocycles. The van der Waals surface area contributed by atoms with Gasteiger partial charge in [0.1, 0.15) is 16.3 Å². The Balaban J connectivity index is 1.45. The normalized spacial score (nSPS) is 11.7. The Labute approximate surface area is 244 Å². The lowest BCUT2D eigenvalue weighted by molar-refractivity contribution is -0.113. The number of aromatic nitrogens is 3. The van der Waals surface area contributed by atoms with Crippen molar-refractivity contribution in [2.24, 2.45) is 0 Å². The van der Waals surface area contributed by atoms with Crippen molar-refractivity contribution in [1.29, 1.82) is 0 Å². The minimum Gasteiger partial charge on any atom is -0.483 e. The number of methoxy groups -OCH3 is 1. The maximum Gasteiger partial charge on any atom is 0.341 e. The van der Waals surface area contributed by atoms with Gasteiger partial charge in [-0.05, 0) is 62.2 Å². The number of rotatable bonds is 10. The van der Waals surface area contributed by atoms with Crippen LogP contribution >= 0.6 is 46.3 Å². The van der Waals surface area contributed by atoms with E-state index in [-0.39, 0.29) is 17.8 Å². The van der Waals surface area contributed by atoms with Crippen LogP contribution in [0.3, 0.4) is 0 Å². The second kappa shape index (κ2) is 12.9. The molecule has 0 bridgehead atoms. The van der Waals surface area contributed by atoms with E-state index in [1.54, 1.807) is 18.2 Å². The number of nitrogens with zero attached hydrogens (tertiary/aromatic N) is 3. The molecule has 2 heterocycles. The molecule has 12 heteroatoms. The van der Waals surface area contributed by atoms with Crippen LogP contribution in [0.2, 0.25) is 10.0 Å². The van der Waals surface area contributed by atoms with Gasteiger partial charge in [-0.2, -0.15) is 0 Å². The lowest BCUT2D eigenvalue weighted by Gasteiger charge is -2.16. The molecule has 0 spiro atoms. The lowest BCUT2D eigenvalue weighted by atomic mass is 10.0. The van der Waals surface area contributed by atoms with Crippen molar-refractivity contribution in [2.45, 2.75) is 38.6 Å². The average Bonchev–Trinajstić information content (AvgIpc) is 3.53. The van der Waals surface area contributed by atoms with Crippen LogP contribution in [0.25, 0.3) is 11.1 Å². The van der Waals surface area contributed by atoms with E-state index in [4.69, 9.17) is 32.7 Å². The van der Waals surface area contributed by atoms with E-state index in [1.165, 1.54) is 30.2 Å².